The van der Waals surface area contributed by atoms with Crippen LogP contribution in [0.15, 0.2) is 36.4 Å². The Morgan fingerprint density at radius 3 is 2.29 bits per heavy atom. The van der Waals surface area contributed by atoms with E-state index < -0.39 is 59.6 Å². The van der Waals surface area contributed by atoms with E-state index in [0.717, 1.165) is 18.2 Å². The fourth-order valence-electron chi connectivity index (χ4n) is 3.22. The molecule has 0 radical (unpaired) electrons. The van der Waals surface area contributed by atoms with Crippen LogP contribution in [0.4, 0.5) is 38.7 Å². The van der Waals surface area contributed by atoms with E-state index in [0.29, 0.717) is 15.9 Å². The van der Waals surface area contributed by atoms with Gasteiger partial charge in [-0.3, -0.25) is 9.69 Å². The Morgan fingerprint density at radius 1 is 1.12 bits per heavy atom. The maximum absolute atomic E-state index is 13.4. The van der Waals surface area contributed by atoms with Crippen LogP contribution in [0.5, 0.6) is 0 Å². The molecule has 3 rings (SSSR count). The monoisotopic (exact) mass is 482 g/mol. The molecule has 12 heteroatoms. The first-order valence-electron chi connectivity index (χ1n) is 10.1. The van der Waals surface area contributed by atoms with Crippen molar-refractivity contribution in [1.82, 2.24) is 9.88 Å². The lowest BCUT2D eigenvalue weighted by molar-refractivity contribution is -0.137. The van der Waals surface area contributed by atoms with E-state index in [1.54, 1.807) is 20.8 Å². The van der Waals surface area contributed by atoms with Crippen molar-refractivity contribution in [1.29, 1.82) is 0 Å². The lowest BCUT2D eigenvalue weighted by Crippen LogP contribution is -2.43. The summed E-state index contributed by atoms with van der Waals surface area (Å²) < 4.78 is 58.5. The lowest BCUT2D eigenvalue weighted by atomic mass is 10.2. The number of hydrogen-bond donors (Lipinski definition) is 1. The van der Waals surface area contributed by atoms with Crippen LogP contribution in [-0.4, -0.2) is 46.1 Å². The van der Waals surface area contributed by atoms with Gasteiger partial charge in [-0.2, -0.15) is 13.2 Å². The number of halogens is 4. The number of rotatable bonds is 3. The number of carbonyl (C=O) groups excluding carboxylic acids is 3. The lowest BCUT2D eigenvalue weighted by Gasteiger charge is -2.24. The molecule has 0 unspecified atom stereocenters. The van der Waals surface area contributed by atoms with Gasteiger partial charge in [-0.1, -0.05) is 0 Å². The summed E-state index contributed by atoms with van der Waals surface area (Å²) in [6, 6.07) is 3.65. The predicted octanol–water partition coefficient (Wildman–Crippen LogP) is 4.73. The van der Waals surface area contributed by atoms with Crippen molar-refractivity contribution in [2.45, 2.75) is 45.5 Å². The van der Waals surface area contributed by atoms with Gasteiger partial charge in [0.25, 0.3) is 0 Å². The van der Waals surface area contributed by atoms with E-state index in [-0.39, 0.29) is 11.4 Å². The van der Waals surface area contributed by atoms with Gasteiger partial charge in [0, 0.05) is 11.4 Å². The Bertz CT molecular complexity index is 1110. The zero-order chi connectivity index (χ0) is 25.4. The van der Waals surface area contributed by atoms with Crippen molar-refractivity contribution >= 4 is 29.5 Å². The van der Waals surface area contributed by atoms with Crippen LogP contribution in [0, 0.1) is 12.7 Å². The third kappa shape index (κ3) is 5.61. The number of carbonyl (C=O) groups is 3. The third-order valence-corrected chi connectivity index (χ3v) is 4.65. The molecular formula is C22H22F4N4O4. The normalized spacial score (nSPS) is 16.6. The molecule has 0 aliphatic carbocycles. The Labute approximate surface area is 192 Å². The molecular weight excluding hydrogens is 460 g/mol. The maximum Gasteiger partial charge on any atom is 0.418 e. The minimum absolute atomic E-state index is 0.0500. The first kappa shape index (κ1) is 24.9. The van der Waals surface area contributed by atoms with Gasteiger partial charge in [0.2, 0.25) is 5.91 Å². The number of anilines is 2. The number of nitrogens with one attached hydrogen (secondary N) is 1. The van der Waals surface area contributed by atoms with Crippen LogP contribution >= 0.6 is 0 Å². The van der Waals surface area contributed by atoms with Crippen LogP contribution < -0.4 is 10.2 Å². The molecule has 1 fully saturated rings. The number of urea groups is 1. The molecule has 34 heavy (non-hydrogen) atoms. The maximum atomic E-state index is 13.4. The van der Waals surface area contributed by atoms with Gasteiger partial charge in [0.1, 0.15) is 23.3 Å². The number of hydrogen-bond acceptors (Lipinski definition) is 5. The molecule has 1 saturated heterocycles. The molecule has 182 valence electrons. The number of benzene rings is 1. The standard InChI is InChI=1S/C22H22F4N4O4/c1-12-9-13(22(24,25)26)10-17(27-12)30-16(18(31)28-15-7-5-14(23)6-8-15)11-29(19(30)32)20(33)34-21(2,3)4/h5-10,16H,11H2,1-4H3,(H,28,31)/t16-/m0/s1. The summed E-state index contributed by atoms with van der Waals surface area (Å²) in [6.07, 6.45) is -5.80. The first-order chi connectivity index (χ1) is 15.7. The van der Waals surface area contributed by atoms with E-state index >= 15 is 0 Å². The van der Waals surface area contributed by atoms with Crippen molar-refractivity contribution in [3.05, 3.63) is 53.5 Å². The summed E-state index contributed by atoms with van der Waals surface area (Å²) in [4.78, 5) is 44.1. The summed E-state index contributed by atoms with van der Waals surface area (Å²) in [6.45, 7) is 5.51. The number of ether oxygens (including phenoxy) is 1. The van der Waals surface area contributed by atoms with Crippen LogP contribution in [0.25, 0.3) is 0 Å². The van der Waals surface area contributed by atoms with Gasteiger partial charge in [0.15, 0.2) is 0 Å². The molecule has 1 atom stereocenters. The number of pyridine rings is 1. The van der Waals surface area contributed by atoms with E-state index in [9.17, 15) is 31.9 Å². The summed E-state index contributed by atoms with van der Waals surface area (Å²) in [5.74, 6) is -1.82. The van der Waals surface area contributed by atoms with Crippen molar-refractivity contribution in [3.8, 4) is 0 Å². The molecule has 2 heterocycles. The molecule has 1 aromatic heterocycles. The van der Waals surface area contributed by atoms with Gasteiger partial charge in [-0.15, -0.1) is 0 Å². The Kier molecular flexibility index (Phi) is 6.54. The fourth-order valence-corrected chi connectivity index (χ4v) is 3.22. The fraction of sp³-hybridized carbons (Fsp3) is 0.364. The highest BCUT2D eigenvalue weighted by Gasteiger charge is 2.47. The molecule has 0 bridgehead atoms. The number of alkyl halides is 3. The van der Waals surface area contributed by atoms with Gasteiger partial charge in [0.05, 0.1) is 12.1 Å². The zero-order valence-corrected chi connectivity index (χ0v) is 18.7. The van der Waals surface area contributed by atoms with E-state index in [1.807, 2.05) is 0 Å². The van der Waals surface area contributed by atoms with Gasteiger partial charge in [-0.25, -0.2) is 23.9 Å². The highest BCUT2D eigenvalue weighted by atomic mass is 19.4. The summed E-state index contributed by atoms with van der Waals surface area (Å²) >= 11 is 0. The SMILES string of the molecule is Cc1cc(C(F)(F)F)cc(N2C(=O)N(C(=O)OC(C)(C)C)C[C@H]2C(=O)Nc2ccc(F)cc2)n1. The topological polar surface area (TPSA) is 91.8 Å². The van der Waals surface area contributed by atoms with Gasteiger partial charge >= 0.3 is 18.3 Å². The van der Waals surface area contributed by atoms with Crippen molar-refractivity contribution < 1.29 is 36.7 Å². The quantitative estimate of drug-likeness (QED) is 0.639. The molecule has 2 aromatic rings. The molecule has 0 saturated carbocycles. The number of aryl methyl sites for hydroxylation is 1. The van der Waals surface area contributed by atoms with Crippen molar-refractivity contribution in [2.75, 3.05) is 16.8 Å². The molecule has 1 aliphatic heterocycles. The average Bonchev–Trinajstić information content (AvgIpc) is 3.05. The Morgan fingerprint density at radius 2 is 1.74 bits per heavy atom. The van der Waals surface area contributed by atoms with Gasteiger partial charge in [-0.05, 0) is 64.1 Å². The summed E-state index contributed by atoms with van der Waals surface area (Å²) in [7, 11) is 0. The molecule has 4 amide bonds. The molecule has 8 nitrogen and oxygen atoms in total. The summed E-state index contributed by atoms with van der Waals surface area (Å²) in [5.41, 5.74) is -1.91. The number of imide groups is 1. The average molecular weight is 482 g/mol. The smallest absolute Gasteiger partial charge is 0.418 e. The second-order valence-electron chi connectivity index (χ2n) is 8.61. The molecule has 1 aromatic carbocycles. The highest BCUT2D eigenvalue weighted by Crippen LogP contribution is 2.34. The molecule has 1 N–H and O–H groups in total. The Hall–Kier alpha value is -3.70. The third-order valence-electron chi connectivity index (χ3n) is 4.65. The van der Waals surface area contributed by atoms with Gasteiger partial charge < -0.3 is 10.1 Å². The van der Waals surface area contributed by atoms with E-state index in [1.165, 1.54) is 19.1 Å². The van der Waals surface area contributed by atoms with Crippen LogP contribution in [0.3, 0.4) is 0 Å². The number of amides is 4. The molecule has 1 aliphatic rings. The van der Waals surface area contributed by atoms with Crippen LogP contribution in [-0.2, 0) is 15.7 Å². The Balaban J connectivity index is 2.01. The largest absolute Gasteiger partial charge is 0.443 e. The van der Waals surface area contributed by atoms with E-state index in [4.69, 9.17) is 4.74 Å². The van der Waals surface area contributed by atoms with Crippen LogP contribution in [0.2, 0.25) is 0 Å². The first-order valence-corrected chi connectivity index (χ1v) is 10.1. The number of aromatic nitrogens is 1. The minimum Gasteiger partial charge on any atom is -0.443 e. The van der Waals surface area contributed by atoms with Crippen LogP contribution in [0.1, 0.15) is 32.0 Å². The predicted molar refractivity (Wildman–Crippen MR) is 114 cm³/mol. The zero-order valence-electron chi connectivity index (χ0n) is 18.7. The second kappa shape index (κ2) is 8.92. The molecule has 0 spiro atoms. The second-order valence-corrected chi connectivity index (χ2v) is 8.61. The highest BCUT2D eigenvalue weighted by molar-refractivity contribution is 6.10. The van der Waals surface area contributed by atoms with Crippen molar-refractivity contribution in [3.63, 3.8) is 0 Å². The van der Waals surface area contributed by atoms with E-state index in [2.05, 4.69) is 10.3 Å². The van der Waals surface area contributed by atoms with Crippen molar-refractivity contribution in [2.24, 2.45) is 0 Å². The minimum atomic E-state index is -4.73. The summed E-state index contributed by atoms with van der Waals surface area (Å²) in [5, 5.41) is 2.47. The number of nitrogens with zero attached hydrogens (tertiary/aromatic N) is 3.